The Kier molecular flexibility index (Phi) is 4.94. The number of likely N-dealkylation sites (tertiary alicyclic amines) is 1. The fourth-order valence-electron chi connectivity index (χ4n) is 3.75. The van der Waals surface area contributed by atoms with E-state index in [9.17, 15) is 8.78 Å². The van der Waals surface area contributed by atoms with Crippen molar-refractivity contribution in [2.75, 3.05) is 13.1 Å². The number of piperidine rings is 1. The first-order valence-corrected chi connectivity index (χ1v) is 9.08. The summed E-state index contributed by atoms with van der Waals surface area (Å²) in [4.78, 5) is 18.9. The molecule has 2 aromatic heterocycles. The van der Waals surface area contributed by atoms with Crippen LogP contribution in [0.3, 0.4) is 0 Å². The van der Waals surface area contributed by atoms with Crippen molar-refractivity contribution in [3.05, 3.63) is 65.4 Å². The summed E-state index contributed by atoms with van der Waals surface area (Å²) in [5.74, 6) is -0.155. The summed E-state index contributed by atoms with van der Waals surface area (Å²) >= 11 is 0. The molecule has 0 unspecified atom stereocenters. The minimum absolute atomic E-state index is 0.200. The smallest absolute Gasteiger partial charge is 0.158 e. The lowest BCUT2D eigenvalue weighted by Gasteiger charge is -2.32. The molecular formula is C20H21F2N5. The second-order valence-electron chi connectivity index (χ2n) is 7.06. The molecule has 0 aliphatic carbocycles. The third-order valence-electron chi connectivity index (χ3n) is 4.87. The van der Waals surface area contributed by atoms with E-state index in [1.54, 1.807) is 18.6 Å². The third kappa shape index (κ3) is 4.03. The largest absolute Gasteiger partial charge is 0.341 e. The molecule has 5 nitrogen and oxygen atoms in total. The van der Waals surface area contributed by atoms with E-state index in [1.807, 2.05) is 6.92 Å². The number of H-pyrrole nitrogens is 1. The van der Waals surface area contributed by atoms with Crippen LogP contribution in [-0.4, -0.2) is 37.9 Å². The van der Waals surface area contributed by atoms with Gasteiger partial charge < -0.3 is 4.98 Å². The summed E-state index contributed by atoms with van der Waals surface area (Å²) in [6.45, 7) is 4.13. The van der Waals surface area contributed by atoms with Crippen LogP contribution >= 0.6 is 0 Å². The van der Waals surface area contributed by atoms with Crippen LogP contribution in [0.5, 0.6) is 0 Å². The second kappa shape index (κ2) is 7.52. The van der Waals surface area contributed by atoms with Gasteiger partial charge in [-0.15, -0.1) is 0 Å². The number of benzene rings is 1. The maximum Gasteiger partial charge on any atom is 0.158 e. The molecule has 3 aromatic rings. The van der Waals surface area contributed by atoms with Gasteiger partial charge in [-0.1, -0.05) is 0 Å². The van der Waals surface area contributed by atoms with E-state index in [2.05, 4.69) is 24.8 Å². The van der Waals surface area contributed by atoms with Crippen molar-refractivity contribution in [2.45, 2.75) is 32.2 Å². The Morgan fingerprint density at radius 2 is 1.89 bits per heavy atom. The van der Waals surface area contributed by atoms with Gasteiger partial charge in [-0.05, 0) is 44.0 Å². The predicted molar refractivity (Wildman–Crippen MR) is 98.0 cm³/mol. The van der Waals surface area contributed by atoms with Gasteiger partial charge in [-0.2, -0.15) is 0 Å². The highest BCUT2D eigenvalue weighted by molar-refractivity contribution is 5.53. The van der Waals surface area contributed by atoms with Crippen LogP contribution in [0.15, 0.2) is 36.8 Å². The van der Waals surface area contributed by atoms with Crippen molar-refractivity contribution in [1.29, 1.82) is 0 Å². The van der Waals surface area contributed by atoms with E-state index in [0.717, 1.165) is 54.9 Å². The van der Waals surface area contributed by atoms with Crippen LogP contribution in [0.2, 0.25) is 0 Å². The van der Waals surface area contributed by atoms with Gasteiger partial charge in [-0.3, -0.25) is 9.88 Å². The highest BCUT2D eigenvalue weighted by Gasteiger charge is 2.26. The van der Waals surface area contributed by atoms with Crippen molar-refractivity contribution in [1.82, 2.24) is 24.8 Å². The Labute approximate surface area is 156 Å². The van der Waals surface area contributed by atoms with Crippen LogP contribution in [0.4, 0.5) is 8.78 Å². The first-order chi connectivity index (χ1) is 13.1. The number of hydrogen-bond acceptors (Lipinski definition) is 4. The van der Waals surface area contributed by atoms with E-state index < -0.39 is 11.6 Å². The number of hydrogen-bond donors (Lipinski definition) is 1. The van der Waals surface area contributed by atoms with E-state index in [-0.39, 0.29) is 5.92 Å². The molecule has 140 valence electrons. The lowest BCUT2D eigenvalue weighted by molar-refractivity contribution is 0.198. The quantitative estimate of drug-likeness (QED) is 0.759. The molecule has 1 fully saturated rings. The van der Waals surface area contributed by atoms with Crippen molar-refractivity contribution in [3.63, 3.8) is 0 Å². The predicted octanol–water partition coefficient (Wildman–Crippen LogP) is 3.83. The Morgan fingerprint density at radius 3 is 2.63 bits per heavy atom. The first-order valence-electron chi connectivity index (χ1n) is 9.08. The van der Waals surface area contributed by atoms with Crippen molar-refractivity contribution in [2.24, 2.45) is 0 Å². The van der Waals surface area contributed by atoms with E-state index in [0.29, 0.717) is 12.1 Å². The minimum Gasteiger partial charge on any atom is -0.341 e. The van der Waals surface area contributed by atoms with E-state index in [1.165, 1.54) is 12.1 Å². The molecule has 1 aliphatic heterocycles. The second-order valence-corrected chi connectivity index (χ2v) is 7.06. The zero-order chi connectivity index (χ0) is 18.8. The number of nitrogens with one attached hydrogen (secondary N) is 1. The average molecular weight is 369 g/mol. The molecule has 27 heavy (non-hydrogen) atoms. The van der Waals surface area contributed by atoms with Gasteiger partial charge in [0.25, 0.3) is 0 Å². The summed E-state index contributed by atoms with van der Waals surface area (Å²) < 4.78 is 27.0. The van der Waals surface area contributed by atoms with Gasteiger partial charge in [0, 0.05) is 49.4 Å². The van der Waals surface area contributed by atoms with E-state index in [4.69, 9.17) is 0 Å². The molecule has 4 rings (SSSR count). The van der Waals surface area contributed by atoms with Crippen LogP contribution in [0.1, 0.15) is 35.7 Å². The maximum absolute atomic E-state index is 13.5. The number of imidazole rings is 1. The highest BCUT2D eigenvalue weighted by Crippen LogP contribution is 2.31. The van der Waals surface area contributed by atoms with Crippen LogP contribution < -0.4 is 0 Å². The van der Waals surface area contributed by atoms with Crippen molar-refractivity contribution in [3.8, 4) is 11.5 Å². The Balaban J connectivity index is 1.55. The third-order valence-corrected chi connectivity index (χ3v) is 4.87. The first kappa shape index (κ1) is 17.7. The molecule has 0 radical (unpaired) electrons. The summed E-state index contributed by atoms with van der Waals surface area (Å²) in [6, 6.07) is 3.69. The topological polar surface area (TPSA) is 57.7 Å². The zero-order valence-electron chi connectivity index (χ0n) is 15.1. The number of aromatic nitrogens is 4. The van der Waals surface area contributed by atoms with Crippen LogP contribution in [-0.2, 0) is 6.54 Å². The Hall–Kier alpha value is -2.67. The molecule has 1 aromatic carbocycles. The molecular weight excluding hydrogens is 348 g/mol. The molecule has 0 spiro atoms. The number of rotatable bonds is 4. The standard InChI is InChI=1S/C20H21F2N5/c1-13-10-25-20(26-13)19-18(23-4-5-24-19)15-3-2-6-27(12-15)11-14-7-16(21)9-17(22)8-14/h4-5,7-10,15H,2-3,6,11-12H2,1H3,(H,25,26)/t15-/m0/s1. The fourth-order valence-corrected chi connectivity index (χ4v) is 3.75. The minimum atomic E-state index is -0.539. The molecule has 1 saturated heterocycles. The average Bonchev–Trinajstić information content (AvgIpc) is 3.07. The molecule has 1 aliphatic rings. The summed E-state index contributed by atoms with van der Waals surface area (Å²) in [7, 11) is 0. The number of nitrogens with zero attached hydrogens (tertiary/aromatic N) is 4. The van der Waals surface area contributed by atoms with Crippen LogP contribution in [0, 0.1) is 18.6 Å². The number of aryl methyl sites for hydroxylation is 1. The normalized spacial score (nSPS) is 18.0. The van der Waals surface area contributed by atoms with Gasteiger partial charge in [0.15, 0.2) is 5.82 Å². The molecule has 0 saturated carbocycles. The fraction of sp³-hybridized carbons (Fsp3) is 0.350. The Morgan fingerprint density at radius 1 is 1.11 bits per heavy atom. The van der Waals surface area contributed by atoms with Gasteiger partial charge in [0.1, 0.15) is 17.3 Å². The van der Waals surface area contributed by atoms with Gasteiger partial charge >= 0.3 is 0 Å². The molecule has 7 heteroatoms. The number of halogens is 2. The van der Waals surface area contributed by atoms with Crippen molar-refractivity contribution < 1.29 is 8.78 Å². The van der Waals surface area contributed by atoms with Gasteiger partial charge in [0.05, 0.1) is 5.69 Å². The Bertz CT molecular complexity index is 919. The monoisotopic (exact) mass is 369 g/mol. The van der Waals surface area contributed by atoms with Gasteiger partial charge in [-0.25, -0.2) is 18.7 Å². The molecule has 0 bridgehead atoms. The molecule has 1 atom stereocenters. The van der Waals surface area contributed by atoms with Crippen LogP contribution in [0.25, 0.3) is 11.5 Å². The lowest BCUT2D eigenvalue weighted by Crippen LogP contribution is -2.34. The molecule has 3 heterocycles. The number of aromatic amines is 1. The lowest BCUT2D eigenvalue weighted by atomic mass is 9.92. The zero-order valence-corrected chi connectivity index (χ0v) is 15.1. The van der Waals surface area contributed by atoms with Gasteiger partial charge in [0.2, 0.25) is 0 Å². The highest BCUT2D eigenvalue weighted by atomic mass is 19.1. The SMILES string of the molecule is Cc1cnc(-c2nccnc2[C@H]2CCCN(Cc3cc(F)cc(F)c3)C2)[nH]1. The summed E-state index contributed by atoms with van der Waals surface area (Å²) in [6.07, 6.45) is 7.15. The summed E-state index contributed by atoms with van der Waals surface area (Å²) in [5.41, 5.74) is 3.31. The molecule has 1 N–H and O–H groups in total. The van der Waals surface area contributed by atoms with Crippen molar-refractivity contribution >= 4 is 0 Å². The molecule has 0 amide bonds. The maximum atomic E-state index is 13.5. The van der Waals surface area contributed by atoms with E-state index >= 15 is 0 Å². The summed E-state index contributed by atoms with van der Waals surface area (Å²) in [5, 5.41) is 0.